The van der Waals surface area contributed by atoms with Gasteiger partial charge in [0, 0.05) is 16.6 Å². The maximum atomic E-state index is 5.65. The number of fused-ring (bicyclic) bond motifs is 1. The molecule has 4 nitrogen and oxygen atoms in total. The molecule has 0 radical (unpaired) electrons. The fourth-order valence-corrected chi connectivity index (χ4v) is 1.92. The molecule has 2 aromatic heterocycles. The first-order chi connectivity index (χ1) is 8.24. The van der Waals surface area contributed by atoms with E-state index < -0.39 is 0 Å². The lowest BCUT2D eigenvalue weighted by atomic mass is 10.1. The number of nitrogens with zero attached hydrogens (tertiary/aromatic N) is 3. The van der Waals surface area contributed by atoms with Crippen molar-refractivity contribution < 1.29 is 4.52 Å². The van der Waals surface area contributed by atoms with Crippen LogP contribution in [0.15, 0.2) is 34.9 Å². The van der Waals surface area contributed by atoms with Crippen LogP contribution in [0.1, 0.15) is 5.69 Å². The zero-order valence-corrected chi connectivity index (χ0v) is 9.77. The molecule has 3 rings (SSSR count). The first-order valence-corrected chi connectivity index (χ1v) is 5.48. The van der Waals surface area contributed by atoms with Crippen LogP contribution in [0.25, 0.3) is 22.3 Å². The average Bonchev–Trinajstić information content (AvgIpc) is 2.74. The average molecular weight is 246 g/mol. The highest BCUT2D eigenvalue weighted by molar-refractivity contribution is 6.27. The highest BCUT2D eigenvalue weighted by Gasteiger charge is 2.11. The minimum Gasteiger partial charge on any atom is -0.321 e. The van der Waals surface area contributed by atoms with Gasteiger partial charge in [-0.2, -0.15) is 4.98 Å². The van der Waals surface area contributed by atoms with E-state index in [1.54, 1.807) is 0 Å². The fraction of sp³-hybridized carbons (Fsp3) is 0.0833. The van der Waals surface area contributed by atoms with Crippen molar-refractivity contribution in [1.29, 1.82) is 0 Å². The summed E-state index contributed by atoms with van der Waals surface area (Å²) in [4.78, 5) is 8.48. The van der Waals surface area contributed by atoms with Crippen LogP contribution in [0.5, 0.6) is 0 Å². The number of pyridine rings is 1. The third-order valence-electron chi connectivity index (χ3n) is 2.49. The van der Waals surface area contributed by atoms with Gasteiger partial charge in [-0.1, -0.05) is 23.4 Å². The number of hydrogen-bond acceptors (Lipinski definition) is 4. The molecule has 0 bridgehead atoms. The maximum Gasteiger partial charge on any atom is 0.320 e. The molecule has 0 saturated carbocycles. The lowest BCUT2D eigenvalue weighted by Crippen LogP contribution is -1.89. The van der Waals surface area contributed by atoms with Gasteiger partial charge in [-0.25, -0.2) is 0 Å². The normalized spacial score (nSPS) is 10.9. The highest BCUT2D eigenvalue weighted by Crippen LogP contribution is 2.26. The lowest BCUT2D eigenvalue weighted by molar-refractivity contribution is 0.421. The summed E-state index contributed by atoms with van der Waals surface area (Å²) in [6, 6.07) is 9.74. The van der Waals surface area contributed by atoms with Crippen LogP contribution in [0.4, 0.5) is 0 Å². The summed E-state index contributed by atoms with van der Waals surface area (Å²) < 4.78 is 4.79. The molecule has 3 aromatic rings. The Labute approximate surface area is 102 Å². The first-order valence-electron chi connectivity index (χ1n) is 5.10. The van der Waals surface area contributed by atoms with E-state index >= 15 is 0 Å². The number of aromatic nitrogens is 3. The Balaban J connectivity index is 2.35. The van der Waals surface area contributed by atoms with E-state index in [-0.39, 0.29) is 5.35 Å². The van der Waals surface area contributed by atoms with Crippen molar-refractivity contribution in [3.63, 3.8) is 0 Å². The summed E-state index contributed by atoms with van der Waals surface area (Å²) in [6.45, 7) is 1.93. The van der Waals surface area contributed by atoms with Crippen LogP contribution >= 0.6 is 11.6 Å². The molecule has 0 saturated heterocycles. The van der Waals surface area contributed by atoms with Crippen LogP contribution in [0.3, 0.4) is 0 Å². The molecular weight excluding hydrogens is 238 g/mol. The summed E-state index contributed by atoms with van der Waals surface area (Å²) in [6.07, 6.45) is 0. The number of aryl methyl sites for hydroxylation is 1. The monoisotopic (exact) mass is 245 g/mol. The summed E-state index contributed by atoms with van der Waals surface area (Å²) >= 11 is 5.65. The minimum absolute atomic E-state index is 0.0403. The second-order valence-electron chi connectivity index (χ2n) is 3.70. The van der Waals surface area contributed by atoms with E-state index in [4.69, 9.17) is 16.1 Å². The molecule has 0 fully saturated rings. The van der Waals surface area contributed by atoms with E-state index in [9.17, 15) is 0 Å². The predicted molar refractivity (Wildman–Crippen MR) is 64.8 cm³/mol. The third kappa shape index (κ3) is 1.76. The largest absolute Gasteiger partial charge is 0.321 e. The molecule has 1 aromatic carbocycles. The van der Waals surface area contributed by atoms with Crippen molar-refractivity contribution >= 4 is 22.5 Å². The molecule has 5 heteroatoms. The molecule has 0 amide bonds. The molecule has 2 heterocycles. The van der Waals surface area contributed by atoms with Gasteiger partial charge in [0.15, 0.2) is 0 Å². The molecule has 0 spiro atoms. The van der Waals surface area contributed by atoms with Crippen LogP contribution in [-0.4, -0.2) is 15.1 Å². The zero-order chi connectivity index (χ0) is 11.8. The molecule has 0 aliphatic heterocycles. The Kier molecular flexibility index (Phi) is 2.30. The van der Waals surface area contributed by atoms with Crippen molar-refractivity contribution in [3.8, 4) is 11.4 Å². The van der Waals surface area contributed by atoms with E-state index in [1.165, 1.54) is 0 Å². The topological polar surface area (TPSA) is 51.8 Å². The third-order valence-corrected chi connectivity index (χ3v) is 2.64. The van der Waals surface area contributed by atoms with Gasteiger partial charge in [0.25, 0.3) is 0 Å². The molecule has 17 heavy (non-hydrogen) atoms. The molecular formula is C12H8ClN3O. The van der Waals surface area contributed by atoms with Gasteiger partial charge in [0.05, 0.1) is 5.52 Å². The molecule has 0 atom stereocenters. The van der Waals surface area contributed by atoms with Gasteiger partial charge in [-0.3, -0.25) is 4.98 Å². The van der Waals surface area contributed by atoms with E-state index in [0.717, 1.165) is 22.2 Å². The van der Waals surface area contributed by atoms with Crippen LogP contribution in [0.2, 0.25) is 5.35 Å². The second-order valence-corrected chi connectivity index (χ2v) is 4.02. The minimum atomic E-state index is 0.0403. The number of para-hydroxylation sites is 1. The molecule has 0 aliphatic rings. The summed E-state index contributed by atoms with van der Waals surface area (Å²) in [7, 11) is 0. The summed E-state index contributed by atoms with van der Waals surface area (Å²) in [5, 5.41) is 4.85. The quantitative estimate of drug-likeness (QED) is 0.660. The molecule has 84 valence electrons. The van der Waals surface area contributed by atoms with Crippen molar-refractivity contribution in [2.24, 2.45) is 0 Å². The highest BCUT2D eigenvalue weighted by atomic mass is 35.5. The van der Waals surface area contributed by atoms with Crippen molar-refractivity contribution in [2.45, 2.75) is 6.92 Å². The lowest BCUT2D eigenvalue weighted by Gasteiger charge is -2.03. The maximum absolute atomic E-state index is 5.65. The Morgan fingerprint density at radius 3 is 2.76 bits per heavy atom. The smallest absolute Gasteiger partial charge is 0.320 e. The Morgan fingerprint density at radius 1 is 1.18 bits per heavy atom. The molecule has 0 aliphatic carbocycles. The SMILES string of the molecule is Cc1cc(-c2noc(Cl)n2)c2ccccc2n1. The number of halogens is 1. The standard InChI is InChI=1S/C12H8ClN3O/c1-7-6-9(11-15-12(13)17-16-11)8-4-2-3-5-10(8)14-7/h2-6H,1H3. The number of hydrogen-bond donors (Lipinski definition) is 0. The Bertz CT molecular complexity index is 693. The van der Waals surface area contributed by atoms with Crippen molar-refractivity contribution in [3.05, 3.63) is 41.4 Å². The number of rotatable bonds is 1. The van der Waals surface area contributed by atoms with Gasteiger partial charge >= 0.3 is 5.35 Å². The summed E-state index contributed by atoms with van der Waals surface area (Å²) in [5.74, 6) is 0.483. The van der Waals surface area contributed by atoms with Gasteiger partial charge in [-0.05, 0) is 30.7 Å². The van der Waals surface area contributed by atoms with Crippen LogP contribution in [-0.2, 0) is 0 Å². The molecule has 0 unspecified atom stereocenters. The Hall–Kier alpha value is -1.94. The zero-order valence-electron chi connectivity index (χ0n) is 9.01. The van der Waals surface area contributed by atoms with Gasteiger partial charge in [0.1, 0.15) is 0 Å². The van der Waals surface area contributed by atoms with E-state index in [0.29, 0.717) is 5.82 Å². The van der Waals surface area contributed by atoms with Gasteiger partial charge in [0.2, 0.25) is 5.82 Å². The molecule has 0 N–H and O–H groups in total. The van der Waals surface area contributed by atoms with Crippen LogP contribution in [0, 0.1) is 6.92 Å². The number of benzene rings is 1. The van der Waals surface area contributed by atoms with Crippen molar-refractivity contribution in [2.75, 3.05) is 0 Å². The van der Waals surface area contributed by atoms with Gasteiger partial charge in [-0.15, -0.1) is 0 Å². The second kappa shape index (κ2) is 3.82. The van der Waals surface area contributed by atoms with E-state index in [1.807, 2.05) is 37.3 Å². The Morgan fingerprint density at radius 2 is 2.00 bits per heavy atom. The van der Waals surface area contributed by atoms with Crippen molar-refractivity contribution in [1.82, 2.24) is 15.1 Å². The predicted octanol–water partition coefficient (Wildman–Crippen LogP) is 3.25. The van der Waals surface area contributed by atoms with Gasteiger partial charge < -0.3 is 4.52 Å². The van der Waals surface area contributed by atoms with E-state index in [2.05, 4.69) is 15.1 Å². The summed E-state index contributed by atoms with van der Waals surface area (Å²) in [5.41, 5.74) is 2.69. The van der Waals surface area contributed by atoms with Crippen LogP contribution < -0.4 is 0 Å². The first kappa shape index (κ1) is 10.2. The fourth-order valence-electron chi connectivity index (χ4n) is 1.81.